The minimum absolute atomic E-state index is 0.441. The number of rotatable bonds is 7. The molecule has 1 fully saturated rings. The van der Waals surface area contributed by atoms with E-state index in [0.717, 1.165) is 19.0 Å². The summed E-state index contributed by atoms with van der Waals surface area (Å²) in [5.41, 5.74) is 0. The van der Waals surface area contributed by atoms with Crippen molar-refractivity contribution in [3.8, 4) is 0 Å². The smallest absolute Gasteiger partial charge is 0.191 e. The molecule has 0 radical (unpaired) electrons. The van der Waals surface area contributed by atoms with Crippen LogP contribution in [0.1, 0.15) is 41.5 Å². The van der Waals surface area contributed by atoms with Crippen molar-refractivity contribution in [1.82, 2.24) is 15.5 Å². The van der Waals surface area contributed by atoms with E-state index in [4.69, 9.17) is 0 Å². The molecule has 4 nitrogen and oxygen atoms in total. The summed E-state index contributed by atoms with van der Waals surface area (Å²) in [6.45, 7) is 6.45. The van der Waals surface area contributed by atoms with Crippen molar-refractivity contribution < 1.29 is 0 Å². The van der Waals surface area contributed by atoms with E-state index >= 15 is 0 Å². The first-order valence-corrected chi connectivity index (χ1v) is 10.8. The van der Waals surface area contributed by atoms with Crippen LogP contribution in [-0.4, -0.2) is 44.1 Å². The average molecular weight is 377 g/mol. The van der Waals surface area contributed by atoms with Crippen LogP contribution in [0.3, 0.4) is 0 Å². The van der Waals surface area contributed by atoms with E-state index in [1.54, 1.807) is 0 Å². The van der Waals surface area contributed by atoms with Gasteiger partial charge in [-0.1, -0.05) is 19.1 Å². The number of nitrogens with zero attached hydrogens (tertiary/aromatic N) is 2. The maximum Gasteiger partial charge on any atom is 0.191 e. The van der Waals surface area contributed by atoms with Gasteiger partial charge >= 0.3 is 0 Å². The summed E-state index contributed by atoms with van der Waals surface area (Å²) >= 11 is 3.67. The van der Waals surface area contributed by atoms with E-state index in [-0.39, 0.29) is 0 Å². The van der Waals surface area contributed by atoms with Gasteiger partial charge in [-0.05, 0) is 48.8 Å². The van der Waals surface area contributed by atoms with Gasteiger partial charge in [0.05, 0.1) is 6.04 Å². The molecule has 0 amide bonds. The molecule has 3 rings (SSSR count). The normalized spacial score (nSPS) is 18.2. The summed E-state index contributed by atoms with van der Waals surface area (Å²) in [7, 11) is 1.85. The molecule has 0 aliphatic carbocycles. The van der Waals surface area contributed by atoms with Crippen LogP contribution in [0.15, 0.2) is 40.0 Å². The molecule has 6 heteroatoms. The number of aliphatic imine (C=N–C) groups is 1. The van der Waals surface area contributed by atoms with Gasteiger partial charge in [-0.25, -0.2) is 0 Å². The zero-order valence-corrected chi connectivity index (χ0v) is 16.7. The summed E-state index contributed by atoms with van der Waals surface area (Å²) < 4.78 is 0. The predicted molar refractivity (Wildman–Crippen MR) is 110 cm³/mol. The van der Waals surface area contributed by atoms with Crippen molar-refractivity contribution in [1.29, 1.82) is 0 Å². The third-order valence-electron chi connectivity index (χ3n) is 4.74. The first kappa shape index (κ1) is 18.4. The molecule has 0 aromatic carbocycles. The van der Waals surface area contributed by atoms with Gasteiger partial charge in [-0.3, -0.25) is 9.89 Å². The van der Waals surface area contributed by atoms with Crippen LogP contribution in [0.4, 0.5) is 0 Å². The second-order valence-electron chi connectivity index (χ2n) is 6.52. The highest BCUT2D eigenvalue weighted by Crippen LogP contribution is 2.27. The number of hydrogen-bond acceptors (Lipinski definition) is 4. The second-order valence-corrected chi connectivity index (χ2v) is 8.48. The van der Waals surface area contributed by atoms with Crippen molar-refractivity contribution >= 4 is 28.6 Å². The molecule has 3 heterocycles. The van der Waals surface area contributed by atoms with Crippen LogP contribution in [0.25, 0.3) is 0 Å². The number of likely N-dealkylation sites (tertiary alicyclic amines) is 1. The summed E-state index contributed by atoms with van der Waals surface area (Å²) in [6.07, 6.45) is 2.63. The topological polar surface area (TPSA) is 39.7 Å². The molecule has 136 valence electrons. The lowest BCUT2D eigenvalue weighted by atomic mass is 10.1. The third kappa shape index (κ3) is 5.06. The second kappa shape index (κ2) is 9.36. The highest BCUT2D eigenvalue weighted by atomic mass is 32.1. The van der Waals surface area contributed by atoms with E-state index in [2.05, 4.69) is 62.5 Å². The van der Waals surface area contributed by atoms with Gasteiger partial charge in [-0.15, -0.1) is 22.7 Å². The largest absolute Gasteiger partial charge is 0.356 e. The first-order chi connectivity index (χ1) is 12.3. The molecule has 0 bridgehead atoms. The van der Waals surface area contributed by atoms with Gasteiger partial charge < -0.3 is 10.6 Å². The molecule has 2 N–H and O–H groups in total. The van der Waals surface area contributed by atoms with Gasteiger partial charge in [0.2, 0.25) is 0 Å². The minimum atomic E-state index is 0.441. The Morgan fingerprint density at radius 2 is 1.72 bits per heavy atom. The summed E-state index contributed by atoms with van der Waals surface area (Å²) in [5, 5.41) is 11.3. The first-order valence-electron chi connectivity index (χ1n) is 9.03. The van der Waals surface area contributed by atoms with Crippen LogP contribution in [0, 0.1) is 0 Å². The standard InChI is InChI=1S/C19H28N4S2/c1-15(17-7-5-11-24-17)13-21-19(20-2)22-14-16(18-8-6-12-25-18)23-9-3-4-10-23/h5-8,11-12,15-16H,3-4,9-10,13-14H2,1-2H3,(H2,20,21,22). The monoisotopic (exact) mass is 376 g/mol. The van der Waals surface area contributed by atoms with Crippen molar-refractivity contribution in [2.45, 2.75) is 31.7 Å². The van der Waals surface area contributed by atoms with Crippen molar-refractivity contribution in [2.24, 2.45) is 4.99 Å². The van der Waals surface area contributed by atoms with E-state index in [9.17, 15) is 0 Å². The lowest BCUT2D eigenvalue weighted by Crippen LogP contribution is -2.43. The summed E-state index contributed by atoms with van der Waals surface area (Å²) in [4.78, 5) is 9.86. The van der Waals surface area contributed by atoms with Gasteiger partial charge in [0, 0.05) is 35.8 Å². The lowest BCUT2D eigenvalue weighted by Gasteiger charge is -2.27. The fraction of sp³-hybridized carbons (Fsp3) is 0.526. The zero-order chi connectivity index (χ0) is 17.5. The van der Waals surface area contributed by atoms with Crippen LogP contribution in [-0.2, 0) is 0 Å². The van der Waals surface area contributed by atoms with Crippen LogP contribution < -0.4 is 10.6 Å². The fourth-order valence-corrected chi connectivity index (χ4v) is 4.93. The van der Waals surface area contributed by atoms with Crippen molar-refractivity contribution in [3.05, 3.63) is 44.8 Å². The van der Waals surface area contributed by atoms with E-state index in [1.165, 1.54) is 35.7 Å². The van der Waals surface area contributed by atoms with Crippen LogP contribution in [0.2, 0.25) is 0 Å². The Morgan fingerprint density at radius 3 is 2.32 bits per heavy atom. The Bertz CT molecular complexity index is 630. The Labute approximate surface area is 159 Å². The van der Waals surface area contributed by atoms with Gasteiger partial charge in [0.25, 0.3) is 0 Å². The van der Waals surface area contributed by atoms with Crippen molar-refractivity contribution in [3.63, 3.8) is 0 Å². The zero-order valence-electron chi connectivity index (χ0n) is 15.1. The van der Waals surface area contributed by atoms with E-state index < -0.39 is 0 Å². The minimum Gasteiger partial charge on any atom is -0.356 e. The molecular formula is C19H28N4S2. The van der Waals surface area contributed by atoms with Crippen LogP contribution in [0.5, 0.6) is 0 Å². The molecule has 0 saturated carbocycles. The quantitative estimate of drug-likeness (QED) is 0.568. The Kier molecular flexibility index (Phi) is 6.90. The highest BCUT2D eigenvalue weighted by molar-refractivity contribution is 7.10. The SMILES string of the molecule is CN=C(NCC(C)c1cccs1)NCC(c1cccs1)N1CCCC1. The van der Waals surface area contributed by atoms with Gasteiger partial charge in [-0.2, -0.15) is 0 Å². The van der Waals surface area contributed by atoms with Gasteiger partial charge in [0.15, 0.2) is 5.96 Å². The van der Waals surface area contributed by atoms with Crippen LogP contribution >= 0.6 is 22.7 Å². The Hall–Kier alpha value is -1.37. The van der Waals surface area contributed by atoms with E-state index in [0.29, 0.717) is 12.0 Å². The Balaban J connectivity index is 1.53. The number of hydrogen-bond donors (Lipinski definition) is 2. The molecule has 1 saturated heterocycles. The molecule has 2 aromatic rings. The number of nitrogens with one attached hydrogen (secondary N) is 2. The summed E-state index contributed by atoms with van der Waals surface area (Å²) in [6, 6.07) is 9.16. The lowest BCUT2D eigenvalue weighted by molar-refractivity contribution is 0.249. The molecule has 2 unspecified atom stereocenters. The molecule has 25 heavy (non-hydrogen) atoms. The maximum atomic E-state index is 4.40. The number of thiophene rings is 2. The molecule has 1 aliphatic rings. The molecule has 1 aliphatic heterocycles. The highest BCUT2D eigenvalue weighted by Gasteiger charge is 2.24. The van der Waals surface area contributed by atoms with Gasteiger partial charge in [0.1, 0.15) is 0 Å². The van der Waals surface area contributed by atoms with E-state index in [1.807, 2.05) is 29.7 Å². The predicted octanol–water partition coefficient (Wildman–Crippen LogP) is 3.92. The Morgan fingerprint density at radius 1 is 1.08 bits per heavy atom. The fourth-order valence-electron chi connectivity index (χ4n) is 3.28. The molecule has 2 atom stereocenters. The maximum absolute atomic E-state index is 4.40. The number of guanidine groups is 1. The average Bonchev–Trinajstić information content (AvgIpc) is 3.40. The molecule has 0 spiro atoms. The third-order valence-corrected chi connectivity index (χ3v) is 6.82. The molecular weight excluding hydrogens is 348 g/mol. The molecule has 2 aromatic heterocycles. The summed E-state index contributed by atoms with van der Waals surface area (Å²) in [5.74, 6) is 1.38. The van der Waals surface area contributed by atoms with Crippen molar-refractivity contribution in [2.75, 3.05) is 33.2 Å².